The molecule has 0 spiro atoms. The van der Waals surface area contributed by atoms with Crippen LogP contribution in [0.5, 0.6) is 0 Å². The van der Waals surface area contributed by atoms with E-state index in [2.05, 4.69) is 10.3 Å². The van der Waals surface area contributed by atoms with Gasteiger partial charge in [0.25, 0.3) is 0 Å². The summed E-state index contributed by atoms with van der Waals surface area (Å²) in [7, 11) is 1.69. The van der Waals surface area contributed by atoms with Crippen LogP contribution in [0, 0.1) is 0 Å². The predicted molar refractivity (Wildman–Crippen MR) is 77.6 cm³/mol. The number of urea groups is 1. The zero-order chi connectivity index (χ0) is 15.4. The van der Waals surface area contributed by atoms with Crippen molar-refractivity contribution in [3.63, 3.8) is 0 Å². The molecule has 1 unspecified atom stereocenters. The first kappa shape index (κ1) is 15.7. The van der Waals surface area contributed by atoms with Gasteiger partial charge in [-0.1, -0.05) is 0 Å². The highest BCUT2D eigenvalue weighted by molar-refractivity contribution is 7.09. The molecule has 1 aromatic rings. The number of nitrogens with one attached hydrogen (secondary N) is 1. The van der Waals surface area contributed by atoms with Crippen LogP contribution in [0.2, 0.25) is 0 Å². The van der Waals surface area contributed by atoms with Gasteiger partial charge in [-0.3, -0.25) is 0 Å². The summed E-state index contributed by atoms with van der Waals surface area (Å²) in [6, 6.07) is -0.458. The maximum Gasteiger partial charge on any atom is 0.355 e. The van der Waals surface area contributed by atoms with E-state index >= 15 is 0 Å². The fourth-order valence-corrected chi connectivity index (χ4v) is 3.02. The number of carboxylic acid groups (broad SMARTS) is 1. The minimum Gasteiger partial charge on any atom is -0.476 e. The van der Waals surface area contributed by atoms with Crippen LogP contribution >= 0.6 is 11.3 Å². The lowest BCUT2D eigenvalue weighted by molar-refractivity contribution is 0.0500. The Morgan fingerprint density at radius 3 is 2.71 bits per heavy atom. The maximum atomic E-state index is 12.2. The number of ether oxygens (including phenoxy) is 1. The molecule has 0 aliphatic carbocycles. The van der Waals surface area contributed by atoms with Crippen molar-refractivity contribution in [3.05, 3.63) is 16.1 Å². The van der Waals surface area contributed by atoms with Gasteiger partial charge in [-0.25, -0.2) is 14.6 Å². The van der Waals surface area contributed by atoms with Crippen LogP contribution < -0.4 is 5.32 Å². The highest BCUT2D eigenvalue weighted by Crippen LogP contribution is 2.19. The van der Waals surface area contributed by atoms with Crippen molar-refractivity contribution < 1.29 is 19.4 Å². The first-order chi connectivity index (χ1) is 10.0. The molecule has 1 atom stereocenters. The Balaban J connectivity index is 1.88. The monoisotopic (exact) mass is 313 g/mol. The van der Waals surface area contributed by atoms with Gasteiger partial charge in [-0.15, -0.1) is 11.3 Å². The number of hydrogen-bond acceptors (Lipinski definition) is 5. The van der Waals surface area contributed by atoms with Gasteiger partial charge in [0, 0.05) is 25.6 Å². The van der Waals surface area contributed by atoms with Crippen LogP contribution in [0.4, 0.5) is 4.79 Å². The minimum absolute atomic E-state index is 0.0111. The van der Waals surface area contributed by atoms with Gasteiger partial charge in [0.2, 0.25) is 0 Å². The number of amides is 2. The molecule has 0 saturated carbocycles. The van der Waals surface area contributed by atoms with Gasteiger partial charge in [-0.2, -0.15) is 0 Å². The van der Waals surface area contributed by atoms with Gasteiger partial charge < -0.3 is 20.1 Å². The fourth-order valence-electron chi connectivity index (χ4n) is 2.22. The van der Waals surface area contributed by atoms with E-state index in [1.54, 1.807) is 18.9 Å². The molecule has 1 saturated heterocycles. The summed E-state index contributed by atoms with van der Waals surface area (Å²) in [6.07, 6.45) is 1.89. The molecule has 2 N–H and O–H groups in total. The molecule has 1 fully saturated rings. The number of methoxy groups -OCH3 is 1. The topological polar surface area (TPSA) is 91.8 Å². The molecule has 0 radical (unpaired) electrons. The van der Waals surface area contributed by atoms with Crippen LogP contribution in [-0.4, -0.2) is 53.3 Å². The number of carboxylic acids is 1. The molecule has 21 heavy (non-hydrogen) atoms. The first-order valence-corrected chi connectivity index (χ1v) is 7.66. The number of carbonyl (C=O) groups is 2. The number of carbonyl (C=O) groups excluding carboxylic acids is 1. The lowest BCUT2D eigenvalue weighted by Gasteiger charge is -2.31. The van der Waals surface area contributed by atoms with Crippen molar-refractivity contribution >= 4 is 23.3 Å². The molecule has 1 aliphatic heterocycles. The largest absolute Gasteiger partial charge is 0.476 e. The Morgan fingerprint density at radius 2 is 2.19 bits per heavy atom. The van der Waals surface area contributed by atoms with Crippen molar-refractivity contribution in [2.45, 2.75) is 31.9 Å². The Morgan fingerprint density at radius 1 is 1.52 bits per heavy atom. The number of hydrogen-bond donors (Lipinski definition) is 2. The Kier molecular flexibility index (Phi) is 5.13. The van der Waals surface area contributed by atoms with Crippen molar-refractivity contribution in [1.29, 1.82) is 0 Å². The second kappa shape index (κ2) is 6.86. The second-order valence-corrected chi connectivity index (χ2v) is 5.86. The standard InChI is InChI=1S/C13H19N3O4S/c1-8(11-15-10(7-21-11)12(17)18)14-13(19)16-5-3-9(20-2)4-6-16/h7-9H,3-6H2,1-2H3,(H,14,19)(H,17,18). The van der Waals surface area contributed by atoms with Gasteiger partial charge in [0.1, 0.15) is 5.01 Å². The van der Waals surface area contributed by atoms with Crippen LogP contribution in [0.25, 0.3) is 0 Å². The molecular formula is C13H19N3O4S. The van der Waals surface area contributed by atoms with Crippen molar-refractivity contribution in [3.8, 4) is 0 Å². The Hall–Kier alpha value is -1.67. The molecule has 2 amide bonds. The van der Waals surface area contributed by atoms with Crippen molar-refractivity contribution in [2.75, 3.05) is 20.2 Å². The smallest absolute Gasteiger partial charge is 0.355 e. The van der Waals surface area contributed by atoms with Gasteiger partial charge in [0.15, 0.2) is 5.69 Å². The SMILES string of the molecule is COC1CCN(C(=O)NC(C)c2nc(C(=O)O)cs2)CC1. The number of nitrogens with zero attached hydrogens (tertiary/aromatic N) is 2. The van der Waals surface area contributed by atoms with E-state index < -0.39 is 5.97 Å². The van der Waals surface area contributed by atoms with Gasteiger partial charge in [-0.05, 0) is 19.8 Å². The second-order valence-electron chi connectivity index (χ2n) is 4.97. The first-order valence-electron chi connectivity index (χ1n) is 6.78. The van der Waals surface area contributed by atoms with Crippen LogP contribution in [0.1, 0.15) is 41.3 Å². The molecule has 2 rings (SSSR count). The summed E-state index contributed by atoms with van der Waals surface area (Å²) >= 11 is 1.23. The van der Waals surface area contributed by atoms with Gasteiger partial charge >= 0.3 is 12.0 Å². The third-order valence-corrected chi connectivity index (χ3v) is 4.54. The molecule has 1 aromatic heterocycles. The number of thiazole rings is 1. The minimum atomic E-state index is -1.06. The van der Waals surface area contributed by atoms with Crippen LogP contribution in [-0.2, 0) is 4.74 Å². The van der Waals surface area contributed by atoms with Crippen molar-refractivity contribution in [2.24, 2.45) is 0 Å². The molecule has 1 aliphatic rings. The number of likely N-dealkylation sites (tertiary alicyclic amines) is 1. The molecule has 0 bridgehead atoms. The molecule has 0 aromatic carbocycles. The summed E-state index contributed by atoms with van der Waals surface area (Å²) in [5, 5.41) is 13.8. The molecule has 7 nitrogen and oxygen atoms in total. The third kappa shape index (κ3) is 3.92. The summed E-state index contributed by atoms with van der Waals surface area (Å²) < 4.78 is 5.27. The zero-order valence-electron chi connectivity index (χ0n) is 12.0. The van der Waals surface area contributed by atoms with E-state index in [1.807, 2.05) is 0 Å². The highest BCUT2D eigenvalue weighted by atomic mass is 32.1. The van der Waals surface area contributed by atoms with E-state index in [4.69, 9.17) is 9.84 Å². The van der Waals surface area contributed by atoms with E-state index in [-0.39, 0.29) is 23.9 Å². The van der Waals surface area contributed by atoms with E-state index in [9.17, 15) is 9.59 Å². The third-order valence-electron chi connectivity index (χ3n) is 3.51. The molecule has 2 heterocycles. The average molecular weight is 313 g/mol. The number of aromatic carboxylic acids is 1. The number of aromatic nitrogens is 1. The quantitative estimate of drug-likeness (QED) is 0.883. The number of piperidine rings is 1. The maximum absolute atomic E-state index is 12.2. The predicted octanol–water partition coefficient (Wildman–Crippen LogP) is 1.72. The van der Waals surface area contributed by atoms with Crippen molar-refractivity contribution in [1.82, 2.24) is 15.2 Å². The van der Waals surface area contributed by atoms with E-state index in [0.29, 0.717) is 18.1 Å². The highest BCUT2D eigenvalue weighted by Gasteiger charge is 2.24. The summed E-state index contributed by atoms with van der Waals surface area (Å²) in [6.45, 7) is 3.12. The summed E-state index contributed by atoms with van der Waals surface area (Å²) in [5.74, 6) is -1.06. The fraction of sp³-hybridized carbons (Fsp3) is 0.615. The average Bonchev–Trinajstić information content (AvgIpc) is 2.97. The van der Waals surface area contributed by atoms with Crippen LogP contribution in [0.3, 0.4) is 0 Å². The number of rotatable bonds is 4. The normalized spacial score (nSPS) is 17.5. The molecule has 8 heteroatoms. The molecular weight excluding hydrogens is 294 g/mol. The van der Waals surface area contributed by atoms with Gasteiger partial charge in [0.05, 0.1) is 12.1 Å². The Labute approximate surface area is 126 Å². The van der Waals surface area contributed by atoms with E-state index in [0.717, 1.165) is 12.8 Å². The molecule has 116 valence electrons. The Bertz CT molecular complexity index is 511. The summed E-state index contributed by atoms with van der Waals surface area (Å²) in [5.41, 5.74) is 0.0111. The summed E-state index contributed by atoms with van der Waals surface area (Å²) in [4.78, 5) is 28.7. The lowest BCUT2D eigenvalue weighted by atomic mass is 10.1. The zero-order valence-corrected chi connectivity index (χ0v) is 12.9. The van der Waals surface area contributed by atoms with Crippen LogP contribution in [0.15, 0.2) is 5.38 Å². The van der Waals surface area contributed by atoms with E-state index in [1.165, 1.54) is 16.7 Å². The lowest BCUT2D eigenvalue weighted by Crippen LogP contribution is -2.46.